The van der Waals surface area contributed by atoms with Gasteiger partial charge in [-0.1, -0.05) is 51.0 Å². The van der Waals surface area contributed by atoms with Gasteiger partial charge < -0.3 is 9.84 Å². The molecule has 3 heterocycles. The lowest BCUT2D eigenvalue weighted by Gasteiger charge is -2.34. The average Bonchev–Trinajstić information content (AvgIpc) is 3.34. The maximum absolute atomic E-state index is 13.2. The molecule has 30 heavy (non-hydrogen) atoms. The van der Waals surface area contributed by atoms with Crippen LogP contribution in [0.5, 0.6) is 0 Å². The van der Waals surface area contributed by atoms with Gasteiger partial charge in [0.25, 0.3) is 5.89 Å². The Bertz CT molecular complexity index is 1180. The highest BCUT2D eigenvalue weighted by Gasteiger charge is 2.48. The van der Waals surface area contributed by atoms with Crippen LogP contribution >= 0.6 is 27.7 Å². The second-order valence-corrected chi connectivity index (χ2v) is 8.98. The fourth-order valence-electron chi connectivity index (χ4n) is 3.58. The normalized spacial score (nSPS) is 21.1. The van der Waals surface area contributed by atoms with Crippen molar-refractivity contribution < 1.29 is 14.1 Å². The Morgan fingerprint density at radius 2 is 1.83 bits per heavy atom. The fourth-order valence-corrected chi connectivity index (χ4v) is 5.21. The summed E-state index contributed by atoms with van der Waals surface area (Å²) in [6.07, 6.45) is 0. The number of rotatable bonds is 3. The first-order valence-electron chi connectivity index (χ1n) is 9.20. The SMILES string of the molecule is CC1=C(c2nc(-c3ccc(Br)cc3)no2)SC2NC(=O)N(c3ccccc3)C(=O)C12. The Balaban J connectivity index is 1.47. The van der Waals surface area contributed by atoms with Gasteiger partial charge in [0.1, 0.15) is 0 Å². The molecule has 2 aromatic carbocycles. The van der Waals surface area contributed by atoms with Gasteiger partial charge in [0.05, 0.1) is 21.9 Å². The van der Waals surface area contributed by atoms with Crippen LogP contribution in [-0.2, 0) is 4.79 Å². The van der Waals surface area contributed by atoms with Crippen molar-refractivity contribution in [3.63, 3.8) is 0 Å². The Morgan fingerprint density at radius 1 is 1.10 bits per heavy atom. The number of hydrogen-bond acceptors (Lipinski definition) is 6. The summed E-state index contributed by atoms with van der Waals surface area (Å²) in [6.45, 7) is 1.87. The summed E-state index contributed by atoms with van der Waals surface area (Å²) in [5.74, 6) is 0.0567. The third-order valence-corrected chi connectivity index (χ3v) is 6.97. The van der Waals surface area contributed by atoms with Gasteiger partial charge in [0.2, 0.25) is 11.7 Å². The third kappa shape index (κ3) is 3.14. The molecular weight excluding hydrogens is 468 g/mol. The van der Waals surface area contributed by atoms with E-state index >= 15 is 0 Å². The molecule has 0 bridgehead atoms. The number of aromatic nitrogens is 2. The van der Waals surface area contributed by atoms with Crippen molar-refractivity contribution in [3.8, 4) is 11.4 Å². The maximum atomic E-state index is 13.2. The van der Waals surface area contributed by atoms with E-state index in [1.165, 1.54) is 16.7 Å². The molecule has 2 aliphatic rings. The van der Waals surface area contributed by atoms with Crippen LogP contribution in [-0.4, -0.2) is 27.5 Å². The molecule has 150 valence electrons. The molecule has 7 nitrogen and oxygen atoms in total. The molecule has 1 saturated heterocycles. The molecule has 0 aliphatic carbocycles. The number of imide groups is 1. The molecule has 2 unspecified atom stereocenters. The van der Waals surface area contributed by atoms with Crippen molar-refractivity contribution >= 4 is 50.2 Å². The predicted molar refractivity (Wildman–Crippen MR) is 117 cm³/mol. The van der Waals surface area contributed by atoms with Gasteiger partial charge in [-0.15, -0.1) is 0 Å². The van der Waals surface area contributed by atoms with Crippen molar-refractivity contribution in [2.45, 2.75) is 12.3 Å². The maximum Gasteiger partial charge on any atom is 0.329 e. The molecule has 0 spiro atoms. The van der Waals surface area contributed by atoms with Crippen LogP contribution < -0.4 is 10.2 Å². The summed E-state index contributed by atoms with van der Waals surface area (Å²) >= 11 is 4.77. The van der Waals surface area contributed by atoms with Crippen molar-refractivity contribution in [1.82, 2.24) is 15.5 Å². The van der Waals surface area contributed by atoms with Gasteiger partial charge in [-0.25, -0.2) is 9.69 Å². The molecule has 1 aromatic heterocycles. The number of anilines is 1. The molecule has 3 aromatic rings. The van der Waals surface area contributed by atoms with Crippen molar-refractivity contribution in [3.05, 3.63) is 70.5 Å². The van der Waals surface area contributed by atoms with Crippen LogP contribution in [0.15, 0.2) is 69.2 Å². The molecule has 0 saturated carbocycles. The lowest BCUT2D eigenvalue weighted by Crippen LogP contribution is -2.58. The quantitative estimate of drug-likeness (QED) is 0.583. The average molecular weight is 483 g/mol. The second kappa shape index (κ2) is 7.41. The molecule has 1 fully saturated rings. The van der Waals surface area contributed by atoms with Gasteiger partial charge in [-0.3, -0.25) is 4.79 Å². The van der Waals surface area contributed by atoms with Crippen LogP contribution in [0, 0.1) is 5.92 Å². The molecule has 1 N–H and O–H groups in total. The van der Waals surface area contributed by atoms with Crippen LogP contribution in [0.25, 0.3) is 16.3 Å². The van der Waals surface area contributed by atoms with Crippen LogP contribution in [0.2, 0.25) is 0 Å². The Hall–Kier alpha value is -2.91. The number of thioether (sulfide) groups is 1. The third-order valence-electron chi connectivity index (χ3n) is 5.06. The highest BCUT2D eigenvalue weighted by Crippen LogP contribution is 2.48. The first kappa shape index (κ1) is 19.1. The minimum atomic E-state index is -0.495. The molecule has 2 aliphatic heterocycles. The molecule has 0 radical (unpaired) electrons. The number of fused-ring (bicyclic) bond motifs is 1. The first-order chi connectivity index (χ1) is 14.5. The smallest absolute Gasteiger partial charge is 0.329 e. The van der Waals surface area contributed by atoms with E-state index in [4.69, 9.17) is 4.52 Å². The second-order valence-electron chi connectivity index (χ2n) is 6.92. The monoisotopic (exact) mass is 482 g/mol. The van der Waals surface area contributed by atoms with E-state index in [0.29, 0.717) is 17.4 Å². The number of carbonyl (C=O) groups is 2. The standard InChI is InChI=1S/C21H15BrN4O3S/c1-11-15-19(24-21(28)26(20(15)27)14-5-3-2-4-6-14)30-16(11)18-23-17(25-29-18)12-7-9-13(22)10-8-12/h2-10,15,19H,1H3,(H,24,28). The summed E-state index contributed by atoms with van der Waals surface area (Å²) in [4.78, 5) is 32.3. The van der Waals surface area contributed by atoms with Crippen LogP contribution in [0.3, 0.4) is 0 Å². The summed E-state index contributed by atoms with van der Waals surface area (Å²) in [5.41, 5.74) is 2.17. The minimum Gasteiger partial charge on any atom is -0.333 e. The summed E-state index contributed by atoms with van der Waals surface area (Å²) in [7, 11) is 0. The van der Waals surface area contributed by atoms with Crippen molar-refractivity contribution in [1.29, 1.82) is 0 Å². The van der Waals surface area contributed by atoms with Crippen molar-refractivity contribution in [2.24, 2.45) is 5.92 Å². The number of para-hydroxylation sites is 1. The number of nitrogens with zero attached hydrogens (tertiary/aromatic N) is 3. The number of carbonyl (C=O) groups excluding carboxylic acids is 2. The van der Waals surface area contributed by atoms with Gasteiger partial charge >= 0.3 is 6.03 Å². The van der Waals surface area contributed by atoms with E-state index in [2.05, 4.69) is 31.4 Å². The Kier molecular flexibility index (Phi) is 4.71. The number of halogens is 1. The first-order valence-corrected chi connectivity index (χ1v) is 10.9. The zero-order valence-corrected chi connectivity index (χ0v) is 18.1. The molecular formula is C21H15BrN4O3S. The molecule has 3 amide bonds. The van der Waals surface area contributed by atoms with Crippen LogP contribution in [0.4, 0.5) is 10.5 Å². The number of hydrogen-bond donors (Lipinski definition) is 1. The summed E-state index contributed by atoms with van der Waals surface area (Å²) in [6, 6.07) is 16.1. The molecule has 9 heteroatoms. The van der Waals surface area contributed by atoms with Gasteiger partial charge in [0, 0.05) is 10.0 Å². The highest BCUT2D eigenvalue weighted by atomic mass is 79.9. The van der Waals surface area contributed by atoms with E-state index in [1.807, 2.05) is 37.3 Å². The largest absolute Gasteiger partial charge is 0.333 e. The van der Waals surface area contributed by atoms with E-state index in [9.17, 15) is 9.59 Å². The lowest BCUT2D eigenvalue weighted by molar-refractivity contribution is -0.121. The number of nitrogens with one attached hydrogen (secondary N) is 1. The topological polar surface area (TPSA) is 88.3 Å². The lowest BCUT2D eigenvalue weighted by atomic mass is 9.96. The van der Waals surface area contributed by atoms with E-state index < -0.39 is 17.3 Å². The minimum absolute atomic E-state index is 0.261. The van der Waals surface area contributed by atoms with Gasteiger partial charge in [-0.2, -0.15) is 4.98 Å². The Labute approximate surface area is 184 Å². The zero-order valence-electron chi connectivity index (χ0n) is 15.7. The molecule has 5 rings (SSSR count). The Morgan fingerprint density at radius 3 is 2.57 bits per heavy atom. The highest BCUT2D eigenvalue weighted by molar-refractivity contribution is 9.10. The van der Waals surface area contributed by atoms with E-state index in [-0.39, 0.29) is 5.91 Å². The summed E-state index contributed by atoms with van der Waals surface area (Å²) < 4.78 is 6.45. The fraction of sp³-hybridized carbons (Fsp3) is 0.143. The molecule has 2 atom stereocenters. The summed E-state index contributed by atoms with van der Waals surface area (Å²) in [5, 5.41) is 6.60. The van der Waals surface area contributed by atoms with E-state index in [1.54, 1.807) is 24.3 Å². The van der Waals surface area contributed by atoms with Gasteiger partial charge in [-0.05, 0) is 48.9 Å². The van der Waals surface area contributed by atoms with E-state index in [0.717, 1.165) is 20.5 Å². The predicted octanol–water partition coefficient (Wildman–Crippen LogP) is 4.68. The van der Waals surface area contributed by atoms with Gasteiger partial charge in [0.15, 0.2) is 0 Å². The number of urea groups is 1. The number of benzene rings is 2. The number of amides is 3. The zero-order chi connectivity index (χ0) is 20.8. The van der Waals surface area contributed by atoms with Crippen LogP contribution in [0.1, 0.15) is 12.8 Å². The van der Waals surface area contributed by atoms with Crippen molar-refractivity contribution in [2.75, 3.05) is 4.90 Å².